The maximum Gasteiger partial charge on any atom is 0.339 e. The van der Waals surface area contributed by atoms with Crippen LogP contribution >= 0.6 is 15.9 Å². The molecule has 0 aliphatic carbocycles. The first kappa shape index (κ1) is 29.2. The maximum atomic E-state index is 12.9. The van der Waals surface area contributed by atoms with Gasteiger partial charge in [0.2, 0.25) is 0 Å². The van der Waals surface area contributed by atoms with Gasteiger partial charge in [-0.2, -0.15) is 13.7 Å². The summed E-state index contributed by atoms with van der Waals surface area (Å²) in [6, 6.07) is 14.4. The van der Waals surface area contributed by atoms with E-state index in [1.165, 1.54) is 49.6 Å². The first-order chi connectivity index (χ1) is 18.5. The summed E-state index contributed by atoms with van der Waals surface area (Å²) in [6.07, 6.45) is 1.24. The molecule has 39 heavy (non-hydrogen) atoms. The standard InChI is InChI=1S/C26H22BrN3O8S/c1-4-37-24-13-17(12-21(27)25(24)38-39(34,35)20-8-5-16(2)6-9-20)11-18(15-28)26(31)29-22-14-19(30(32)33)7-10-23(22)36-3/h5-14H,4H2,1-3H3,(H,29,31)/b18-11+. The summed E-state index contributed by atoms with van der Waals surface area (Å²) in [5.74, 6) is -0.762. The molecule has 3 aromatic rings. The molecule has 3 rings (SSSR count). The molecule has 0 unspecified atom stereocenters. The average molecular weight is 616 g/mol. The Morgan fingerprint density at radius 2 is 1.85 bits per heavy atom. The van der Waals surface area contributed by atoms with E-state index < -0.39 is 20.9 Å². The van der Waals surface area contributed by atoms with Crippen molar-refractivity contribution >= 4 is 49.4 Å². The van der Waals surface area contributed by atoms with Crippen LogP contribution in [-0.2, 0) is 14.9 Å². The Hall–Kier alpha value is -4.41. The van der Waals surface area contributed by atoms with E-state index in [0.717, 1.165) is 11.6 Å². The molecular formula is C26H22BrN3O8S. The lowest BCUT2D eigenvalue weighted by atomic mass is 10.1. The van der Waals surface area contributed by atoms with Crippen LogP contribution in [0.15, 0.2) is 69.5 Å². The van der Waals surface area contributed by atoms with Gasteiger partial charge >= 0.3 is 10.1 Å². The van der Waals surface area contributed by atoms with Gasteiger partial charge in [-0.25, -0.2) is 0 Å². The molecule has 0 aliphatic heterocycles. The molecule has 0 atom stereocenters. The van der Waals surface area contributed by atoms with Crippen molar-refractivity contribution in [2.24, 2.45) is 0 Å². The molecular weight excluding hydrogens is 594 g/mol. The number of hydrogen-bond acceptors (Lipinski definition) is 9. The van der Waals surface area contributed by atoms with Crippen LogP contribution < -0.4 is 19.0 Å². The number of methoxy groups -OCH3 is 1. The van der Waals surface area contributed by atoms with Gasteiger partial charge in [0, 0.05) is 12.1 Å². The van der Waals surface area contributed by atoms with E-state index in [1.54, 1.807) is 25.1 Å². The normalized spacial score (nSPS) is 11.3. The van der Waals surface area contributed by atoms with Crippen LogP contribution in [0.5, 0.6) is 17.2 Å². The molecule has 1 N–H and O–H groups in total. The van der Waals surface area contributed by atoms with Gasteiger partial charge in [0.25, 0.3) is 11.6 Å². The lowest BCUT2D eigenvalue weighted by molar-refractivity contribution is -0.384. The van der Waals surface area contributed by atoms with Gasteiger partial charge in [-0.05, 0) is 71.7 Å². The lowest BCUT2D eigenvalue weighted by Gasteiger charge is -2.15. The van der Waals surface area contributed by atoms with E-state index >= 15 is 0 Å². The summed E-state index contributed by atoms with van der Waals surface area (Å²) in [7, 11) is -2.87. The smallest absolute Gasteiger partial charge is 0.339 e. The number of halogens is 1. The van der Waals surface area contributed by atoms with Crippen molar-refractivity contribution in [3.63, 3.8) is 0 Å². The summed E-state index contributed by atoms with van der Waals surface area (Å²) in [6.45, 7) is 3.68. The highest BCUT2D eigenvalue weighted by Crippen LogP contribution is 2.39. The maximum absolute atomic E-state index is 12.9. The zero-order valence-corrected chi connectivity index (χ0v) is 23.3. The minimum atomic E-state index is -4.20. The van der Waals surface area contributed by atoms with E-state index in [2.05, 4.69) is 21.2 Å². The number of nitrogens with one attached hydrogen (secondary N) is 1. The molecule has 0 bridgehead atoms. The van der Waals surface area contributed by atoms with Gasteiger partial charge in [0.15, 0.2) is 11.5 Å². The summed E-state index contributed by atoms with van der Waals surface area (Å²) in [5, 5.41) is 23.2. The van der Waals surface area contributed by atoms with Crippen molar-refractivity contribution in [1.82, 2.24) is 0 Å². The molecule has 11 nitrogen and oxygen atoms in total. The molecule has 202 valence electrons. The fourth-order valence-electron chi connectivity index (χ4n) is 3.29. The molecule has 3 aromatic carbocycles. The number of nitrogens with zero attached hydrogens (tertiary/aromatic N) is 2. The van der Waals surface area contributed by atoms with Crippen LogP contribution in [0.2, 0.25) is 0 Å². The quantitative estimate of drug-likeness (QED) is 0.104. The van der Waals surface area contributed by atoms with Gasteiger partial charge in [-0.3, -0.25) is 14.9 Å². The van der Waals surface area contributed by atoms with E-state index in [0.29, 0.717) is 5.56 Å². The fourth-order valence-corrected chi connectivity index (χ4v) is 4.89. The number of anilines is 1. The Balaban J connectivity index is 1.96. The number of carbonyl (C=O) groups is 1. The van der Waals surface area contributed by atoms with Crippen molar-refractivity contribution in [3.8, 4) is 23.3 Å². The zero-order chi connectivity index (χ0) is 28.7. The van der Waals surface area contributed by atoms with E-state index in [-0.39, 0.29) is 50.2 Å². The second-order valence-electron chi connectivity index (χ2n) is 7.88. The number of rotatable bonds is 10. The van der Waals surface area contributed by atoms with Gasteiger partial charge in [0.1, 0.15) is 22.3 Å². The third kappa shape index (κ3) is 7.13. The highest BCUT2D eigenvalue weighted by Gasteiger charge is 2.23. The Kier molecular flexibility index (Phi) is 9.29. The SMILES string of the molecule is CCOc1cc(/C=C(\C#N)C(=O)Nc2cc([N+](=O)[O-])ccc2OC)cc(Br)c1OS(=O)(=O)c1ccc(C)cc1. The molecule has 0 spiro atoms. The summed E-state index contributed by atoms with van der Waals surface area (Å²) < 4.78 is 42.0. The third-order valence-corrected chi connectivity index (χ3v) is 6.98. The minimum absolute atomic E-state index is 0.000837. The number of non-ortho nitro benzene ring substituents is 1. The Bertz CT molecular complexity index is 1600. The molecule has 13 heteroatoms. The number of carbonyl (C=O) groups excluding carboxylic acids is 1. The Morgan fingerprint density at radius 3 is 2.44 bits per heavy atom. The fraction of sp³-hybridized carbons (Fsp3) is 0.154. The van der Waals surface area contributed by atoms with Gasteiger partial charge in [-0.15, -0.1) is 0 Å². The molecule has 0 aliphatic rings. The number of ether oxygens (including phenoxy) is 2. The van der Waals surface area contributed by atoms with Crippen LogP contribution in [0.25, 0.3) is 6.08 Å². The number of hydrogen-bond donors (Lipinski definition) is 1. The molecule has 1 amide bonds. The predicted octanol–water partition coefficient (Wildman–Crippen LogP) is 5.39. The number of nitro groups is 1. The van der Waals surface area contributed by atoms with Crippen molar-refractivity contribution in [2.45, 2.75) is 18.7 Å². The molecule has 0 radical (unpaired) electrons. The Morgan fingerprint density at radius 1 is 1.15 bits per heavy atom. The highest BCUT2D eigenvalue weighted by molar-refractivity contribution is 9.10. The second-order valence-corrected chi connectivity index (χ2v) is 10.3. The van der Waals surface area contributed by atoms with Gasteiger partial charge in [-0.1, -0.05) is 17.7 Å². The number of nitro benzene ring substituents is 1. The lowest BCUT2D eigenvalue weighted by Crippen LogP contribution is -2.14. The number of nitriles is 1. The minimum Gasteiger partial charge on any atom is -0.495 e. The molecule has 0 heterocycles. The van der Waals surface area contributed by atoms with Crippen molar-refractivity contribution in [1.29, 1.82) is 5.26 Å². The highest BCUT2D eigenvalue weighted by atomic mass is 79.9. The first-order valence-electron chi connectivity index (χ1n) is 11.2. The van der Waals surface area contributed by atoms with Crippen LogP contribution in [0.4, 0.5) is 11.4 Å². The van der Waals surface area contributed by atoms with Crippen molar-refractivity contribution in [2.75, 3.05) is 19.0 Å². The number of aryl methyl sites for hydroxylation is 1. The van der Waals surface area contributed by atoms with E-state index in [9.17, 15) is 28.6 Å². The molecule has 0 aromatic heterocycles. The molecule has 0 fully saturated rings. The second kappa shape index (κ2) is 12.4. The van der Waals surface area contributed by atoms with Crippen molar-refractivity contribution in [3.05, 3.63) is 85.9 Å². The monoisotopic (exact) mass is 615 g/mol. The Labute approximate surface area is 233 Å². The zero-order valence-electron chi connectivity index (χ0n) is 20.9. The predicted molar refractivity (Wildman–Crippen MR) is 146 cm³/mol. The van der Waals surface area contributed by atoms with Gasteiger partial charge in [0.05, 0.1) is 28.8 Å². The van der Waals surface area contributed by atoms with Crippen LogP contribution in [0.3, 0.4) is 0 Å². The number of amides is 1. The summed E-state index contributed by atoms with van der Waals surface area (Å²) in [5.41, 5.74) is 0.554. The largest absolute Gasteiger partial charge is 0.495 e. The van der Waals surface area contributed by atoms with E-state index in [4.69, 9.17) is 13.7 Å². The average Bonchev–Trinajstić information content (AvgIpc) is 2.89. The number of benzene rings is 3. The summed E-state index contributed by atoms with van der Waals surface area (Å²) >= 11 is 3.29. The topological polar surface area (TPSA) is 158 Å². The van der Waals surface area contributed by atoms with Gasteiger partial charge < -0.3 is 19.0 Å². The van der Waals surface area contributed by atoms with Crippen LogP contribution in [-0.4, -0.2) is 33.0 Å². The van der Waals surface area contributed by atoms with E-state index in [1.807, 2.05) is 6.92 Å². The third-order valence-electron chi connectivity index (χ3n) is 5.15. The van der Waals surface area contributed by atoms with Crippen LogP contribution in [0.1, 0.15) is 18.1 Å². The van der Waals surface area contributed by atoms with Crippen molar-refractivity contribution < 1.29 is 31.8 Å². The van der Waals surface area contributed by atoms with Crippen LogP contribution in [0, 0.1) is 28.4 Å². The molecule has 0 saturated heterocycles. The molecule has 0 saturated carbocycles. The first-order valence-corrected chi connectivity index (χ1v) is 13.4. The summed E-state index contributed by atoms with van der Waals surface area (Å²) in [4.78, 5) is 23.3.